The number of rotatable bonds is 10. The van der Waals surface area contributed by atoms with E-state index in [4.69, 9.17) is 0 Å². The third-order valence-electron chi connectivity index (χ3n) is 6.54. The Morgan fingerprint density at radius 1 is 0.972 bits per heavy atom. The van der Waals surface area contributed by atoms with Crippen LogP contribution in [0.1, 0.15) is 56.3 Å². The van der Waals surface area contributed by atoms with E-state index in [0.29, 0.717) is 36.1 Å². The van der Waals surface area contributed by atoms with Gasteiger partial charge in [-0.1, -0.05) is 37.3 Å². The maximum absolute atomic E-state index is 13.8. The van der Waals surface area contributed by atoms with E-state index >= 15 is 0 Å². The fourth-order valence-electron chi connectivity index (χ4n) is 4.56. The van der Waals surface area contributed by atoms with Crippen LogP contribution in [0.25, 0.3) is 0 Å². The standard InChI is InChI=1S/C29H30F2N2O3/c1-2-18-4-3-5-19(10-18)16-32-17-28(35)26(13-20-11-23(30)15-24(31)12-20)33-29(36)22-7-6-21-8-9-27(34)25(21)14-22/h3-7,10-12,14-15,26,28,32,35H,2,8-9,13,16-17H2,1H3,(H,33,36)/t26-,28-/m0/s1. The number of aliphatic hydroxyl groups excluding tert-OH is 1. The highest BCUT2D eigenvalue weighted by Gasteiger charge is 2.25. The Hall–Kier alpha value is -3.42. The van der Waals surface area contributed by atoms with E-state index in [1.54, 1.807) is 18.2 Å². The highest BCUT2D eigenvalue weighted by atomic mass is 19.1. The molecule has 36 heavy (non-hydrogen) atoms. The molecule has 3 N–H and O–H groups in total. The van der Waals surface area contributed by atoms with Crippen LogP contribution in [0.5, 0.6) is 0 Å². The van der Waals surface area contributed by atoms with Crippen LogP contribution in [0, 0.1) is 11.6 Å². The van der Waals surface area contributed by atoms with Gasteiger partial charge in [-0.25, -0.2) is 8.78 Å². The zero-order valence-corrected chi connectivity index (χ0v) is 20.2. The Morgan fingerprint density at radius 2 is 1.72 bits per heavy atom. The summed E-state index contributed by atoms with van der Waals surface area (Å²) in [5.74, 6) is -1.91. The number of hydrogen-bond acceptors (Lipinski definition) is 4. The molecule has 0 bridgehead atoms. The number of hydrogen-bond donors (Lipinski definition) is 3. The highest BCUT2D eigenvalue weighted by molar-refractivity contribution is 6.03. The largest absolute Gasteiger partial charge is 0.390 e. The van der Waals surface area contributed by atoms with Gasteiger partial charge < -0.3 is 15.7 Å². The van der Waals surface area contributed by atoms with Crippen molar-refractivity contribution in [2.45, 2.75) is 51.3 Å². The van der Waals surface area contributed by atoms with Crippen LogP contribution in [0.3, 0.4) is 0 Å². The Bertz CT molecular complexity index is 1240. The topological polar surface area (TPSA) is 78.4 Å². The minimum atomic E-state index is -1.04. The molecule has 0 fully saturated rings. The SMILES string of the molecule is CCc1cccc(CNC[C@H](O)[C@H](Cc2cc(F)cc(F)c2)NC(=O)c2ccc3c(c2)C(=O)CC3)c1. The van der Waals surface area contributed by atoms with Crippen LogP contribution < -0.4 is 10.6 Å². The summed E-state index contributed by atoms with van der Waals surface area (Å²) in [6.07, 6.45) is 1.00. The number of nitrogens with one attached hydrogen (secondary N) is 2. The third kappa shape index (κ3) is 6.42. The Balaban J connectivity index is 1.47. The minimum absolute atomic E-state index is 0.00260. The van der Waals surface area contributed by atoms with Gasteiger partial charge in [-0.15, -0.1) is 0 Å². The van der Waals surface area contributed by atoms with Gasteiger partial charge in [-0.2, -0.15) is 0 Å². The molecule has 1 amide bonds. The molecule has 1 aliphatic rings. The summed E-state index contributed by atoms with van der Waals surface area (Å²) in [7, 11) is 0. The molecule has 0 aliphatic heterocycles. The molecule has 0 spiro atoms. The second-order valence-electron chi connectivity index (χ2n) is 9.23. The number of Topliss-reactive ketones (excluding diaryl/α,β-unsaturated/α-hetero) is 1. The number of fused-ring (bicyclic) bond motifs is 1. The Kier molecular flexibility index (Phi) is 8.23. The molecule has 0 heterocycles. The Morgan fingerprint density at radius 3 is 2.47 bits per heavy atom. The molecule has 0 unspecified atom stereocenters. The molecular formula is C29H30F2N2O3. The Labute approximate surface area is 209 Å². The first-order valence-corrected chi connectivity index (χ1v) is 12.2. The van der Waals surface area contributed by atoms with Gasteiger partial charge in [0.15, 0.2) is 5.78 Å². The van der Waals surface area contributed by atoms with Crippen molar-refractivity contribution in [3.05, 3.63) is 106 Å². The molecule has 0 radical (unpaired) electrons. The molecule has 3 aromatic rings. The lowest BCUT2D eigenvalue weighted by molar-refractivity contribution is 0.0830. The fourth-order valence-corrected chi connectivity index (χ4v) is 4.56. The first kappa shape index (κ1) is 25.7. The van der Waals surface area contributed by atoms with E-state index < -0.39 is 29.7 Å². The third-order valence-corrected chi connectivity index (χ3v) is 6.54. The molecule has 0 saturated heterocycles. The van der Waals surface area contributed by atoms with Gasteiger partial charge in [-0.3, -0.25) is 9.59 Å². The monoisotopic (exact) mass is 492 g/mol. The lowest BCUT2D eigenvalue weighted by Crippen LogP contribution is -2.48. The van der Waals surface area contributed by atoms with Crippen LogP contribution in [0.4, 0.5) is 8.78 Å². The number of aryl methyl sites for hydroxylation is 2. The molecule has 7 heteroatoms. The second kappa shape index (κ2) is 11.5. The van der Waals surface area contributed by atoms with Crippen LogP contribution in [0.2, 0.25) is 0 Å². The van der Waals surface area contributed by atoms with E-state index in [1.807, 2.05) is 12.1 Å². The number of benzene rings is 3. The summed E-state index contributed by atoms with van der Waals surface area (Å²) in [4.78, 5) is 25.2. The number of aliphatic hydroxyl groups is 1. The van der Waals surface area contributed by atoms with Crippen LogP contribution in [-0.4, -0.2) is 35.5 Å². The van der Waals surface area contributed by atoms with E-state index in [2.05, 4.69) is 29.7 Å². The van der Waals surface area contributed by atoms with Crippen molar-refractivity contribution in [3.8, 4) is 0 Å². The van der Waals surface area contributed by atoms with E-state index in [-0.39, 0.29) is 18.7 Å². The maximum Gasteiger partial charge on any atom is 0.251 e. The molecule has 1 aliphatic carbocycles. The second-order valence-corrected chi connectivity index (χ2v) is 9.23. The molecule has 188 valence electrons. The zero-order chi connectivity index (χ0) is 25.7. The lowest BCUT2D eigenvalue weighted by atomic mass is 9.99. The smallest absolute Gasteiger partial charge is 0.251 e. The summed E-state index contributed by atoms with van der Waals surface area (Å²) in [6, 6.07) is 15.4. The normalized spacial score (nSPS) is 14.4. The number of carbonyl (C=O) groups is 2. The van der Waals surface area contributed by atoms with E-state index in [1.165, 1.54) is 17.7 Å². The quantitative estimate of drug-likeness (QED) is 0.397. The van der Waals surface area contributed by atoms with Crippen LogP contribution in [0.15, 0.2) is 60.7 Å². The molecule has 2 atom stereocenters. The molecule has 4 rings (SSSR count). The zero-order valence-electron chi connectivity index (χ0n) is 20.2. The molecule has 3 aromatic carbocycles. The van der Waals surface area contributed by atoms with E-state index in [9.17, 15) is 23.5 Å². The molecule has 0 saturated carbocycles. The minimum Gasteiger partial charge on any atom is -0.390 e. The van der Waals surface area contributed by atoms with Crippen molar-refractivity contribution in [2.75, 3.05) is 6.54 Å². The van der Waals surface area contributed by atoms with Gasteiger partial charge in [-0.05, 0) is 65.8 Å². The average molecular weight is 493 g/mol. The number of carbonyl (C=O) groups excluding carboxylic acids is 2. The predicted molar refractivity (Wildman–Crippen MR) is 134 cm³/mol. The summed E-state index contributed by atoms with van der Waals surface area (Å²) in [5, 5.41) is 17.0. The van der Waals surface area contributed by atoms with Crippen LogP contribution >= 0.6 is 0 Å². The van der Waals surface area contributed by atoms with Crippen LogP contribution in [-0.2, 0) is 25.8 Å². The first-order chi connectivity index (χ1) is 17.3. The molecule has 5 nitrogen and oxygen atoms in total. The maximum atomic E-state index is 13.8. The number of halogens is 2. The van der Waals surface area contributed by atoms with Crippen molar-refractivity contribution in [2.24, 2.45) is 0 Å². The average Bonchev–Trinajstić information content (AvgIpc) is 3.23. The highest BCUT2D eigenvalue weighted by Crippen LogP contribution is 2.23. The predicted octanol–water partition coefficient (Wildman–Crippen LogP) is 4.15. The fraction of sp³-hybridized carbons (Fsp3) is 0.310. The van der Waals surface area contributed by atoms with E-state index in [0.717, 1.165) is 23.6 Å². The van der Waals surface area contributed by atoms with Gasteiger partial charge in [0, 0.05) is 36.7 Å². The summed E-state index contributed by atoms with van der Waals surface area (Å²) in [6.45, 7) is 2.75. The lowest BCUT2D eigenvalue weighted by Gasteiger charge is -2.25. The van der Waals surface area contributed by atoms with Gasteiger partial charge in [0.25, 0.3) is 5.91 Å². The number of ketones is 1. The summed E-state index contributed by atoms with van der Waals surface area (Å²) >= 11 is 0. The number of amides is 1. The van der Waals surface area contributed by atoms with Crippen molar-refractivity contribution in [1.82, 2.24) is 10.6 Å². The summed E-state index contributed by atoms with van der Waals surface area (Å²) < 4.78 is 27.6. The van der Waals surface area contributed by atoms with Crippen molar-refractivity contribution < 1.29 is 23.5 Å². The molecular weight excluding hydrogens is 462 g/mol. The van der Waals surface area contributed by atoms with Gasteiger partial charge in [0.05, 0.1) is 12.1 Å². The summed E-state index contributed by atoms with van der Waals surface area (Å²) in [5.41, 5.74) is 4.35. The van der Waals surface area contributed by atoms with Crippen molar-refractivity contribution in [1.29, 1.82) is 0 Å². The van der Waals surface area contributed by atoms with Gasteiger partial charge in [0.2, 0.25) is 0 Å². The van der Waals surface area contributed by atoms with Gasteiger partial charge in [0.1, 0.15) is 11.6 Å². The molecule has 0 aromatic heterocycles. The van der Waals surface area contributed by atoms with Crippen molar-refractivity contribution in [3.63, 3.8) is 0 Å². The van der Waals surface area contributed by atoms with Crippen molar-refractivity contribution >= 4 is 11.7 Å². The van der Waals surface area contributed by atoms with Gasteiger partial charge >= 0.3 is 0 Å². The first-order valence-electron chi connectivity index (χ1n) is 12.2.